The zero-order chi connectivity index (χ0) is 13.8. The van der Waals surface area contributed by atoms with Gasteiger partial charge in [0.1, 0.15) is 5.82 Å². The lowest BCUT2D eigenvalue weighted by molar-refractivity contribution is 0.0993. The van der Waals surface area contributed by atoms with Gasteiger partial charge in [0, 0.05) is 33.9 Å². The maximum absolute atomic E-state index is 13.0. The van der Waals surface area contributed by atoms with E-state index < -0.39 is 10.8 Å². The van der Waals surface area contributed by atoms with Crippen molar-refractivity contribution in [2.45, 2.75) is 11.3 Å². The molecule has 0 saturated carbocycles. The first-order valence-electron chi connectivity index (χ1n) is 5.77. The fourth-order valence-corrected chi connectivity index (χ4v) is 2.29. The third kappa shape index (κ3) is 3.58. The molecular formula is C15H13FO2S. The van der Waals surface area contributed by atoms with E-state index >= 15 is 0 Å². The van der Waals surface area contributed by atoms with Crippen molar-refractivity contribution in [1.82, 2.24) is 0 Å². The molecule has 0 amide bonds. The fraction of sp³-hybridized carbons (Fsp3) is 0.133. The third-order valence-electron chi connectivity index (χ3n) is 2.76. The van der Waals surface area contributed by atoms with E-state index in [9.17, 15) is 13.4 Å². The number of rotatable bonds is 4. The van der Waals surface area contributed by atoms with Crippen LogP contribution < -0.4 is 0 Å². The van der Waals surface area contributed by atoms with Crippen LogP contribution in [0.15, 0.2) is 53.4 Å². The highest BCUT2D eigenvalue weighted by Crippen LogP contribution is 2.12. The first-order valence-corrected chi connectivity index (χ1v) is 7.33. The third-order valence-corrected chi connectivity index (χ3v) is 3.70. The van der Waals surface area contributed by atoms with Crippen LogP contribution in [0.2, 0.25) is 0 Å². The standard InChI is InChI=1S/C15H13FO2S/c1-19(18)14-7-5-12(6-8-14)15(17)10-11-3-2-4-13(16)9-11/h2-9H,10H2,1H3. The SMILES string of the molecule is CS(=O)c1ccc(C(=O)Cc2cccc(F)c2)cc1. The van der Waals surface area contributed by atoms with E-state index in [1.807, 2.05) is 0 Å². The molecule has 0 N–H and O–H groups in total. The van der Waals surface area contributed by atoms with E-state index in [0.29, 0.717) is 16.0 Å². The number of halogens is 1. The van der Waals surface area contributed by atoms with Crippen molar-refractivity contribution in [3.63, 3.8) is 0 Å². The molecule has 0 aliphatic carbocycles. The summed E-state index contributed by atoms with van der Waals surface area (Å²) >= 11 is 0. The topological polar surface area (TPSA) is 34.1 Å². The van der Waals surface area contributed by atoms with E-state index in [1.54, 1.807) is 42.7 Å². The number of hydrogen-bond donors (Lipinski definition) is 0. The van der Waals surface area contributed by atoms with Crippen molar-refractivity contribution in [2.24, 2.45) is 0 Å². The minimum absolute atomic E-state index is 0.0842. The molecule has 0 spiro atoms. The fourth-order valence-electron chi connectivity index (χ4n) is 1.77. The van der Waals surface area contributed by atoms with Crippen molar-refractivity contribution in [1.29, 1.82) is 0 Å². The van der Waals surface area contributed by atoms with E-state index in [-0.39, 0.29) is 18.0 Å². The van der Waals surface area contributed by atoms with Gasteiger partial charge in [-0.25, -0.2) is 4.39 Å². The van der Waals surface area contributed by atoms with Gasteiger partial charge in [0.25, 0.3) is 0 Å². The summed E-state index contributed by atoms with van der Waals surface area (Å²) in [5.41, 5.74) is 1.19. The molecule has 0 radical (unpaired) electrons. The minimum Gasteiger partial charge on any atom is -0.294 e. The molecule has 0 bridgehead atoms. The second-order valence-electron chi connectivity index (χ2n) is 4.21. The van der Waals surface area contributed by atoms with E-state index in [0.717, 1.165) is 0 Å². The molecule has 2 nitrogen and oxygen atoms in total. The molecule has 0 aliphatic rings. The van der Waals surface area contributed by atoms with E-state index in [4.69, 9.17) is 0 Å². The molecular weight excluding hydrogens is 263 g/mol. The molecule has 2 rings (SSSR count). The number of Topliss-reactive ketones (excluding diaryl/α,β-unsaturated/α-hetero) is 1. The van der Waals surface area contributed by atoms with Crippen LogP contribution in [-0.4, -0.2) is 16.2 Å². The Morgan fingerprint density at radius 3 is 2.42 bits per heavy atom. The molecule has 1 atom stereocenters. The lowest BCUT2D eigenvalue weighted by Gasteiger charge is -2.03. The minimum atomic E-state index is -1.05. The summed E-state index contributed by atoms with van der Waals surface area (Å²) < 4.78 is 24.3. The molecule has 2 aromatic rings. The summed E-state index contributed by atoms with van der Waals surface area (Å²) in [5, 5.41) is 0. The lowest BCUT2D eigenvalue weighted by atomic mass is 10.0. The molecule has 98 valence electrons. The highest BCUT2D eigenvalue weighted by molar-refractivity contribution is 7.84. The summed E-state index contributed by atoms with van der Waals surface area (Å²) in [5.74, 6) is -0.430. The Morgan fingerprint density at radius 2 is 1.84 bits per heavy atom. The quantitative estimate of drug-likeness (QED) is 0.804. The smallest absolute Gasteiger partial charge is 0.167 e. The maximum atomic E-state index is 13.0. The molecule has 0 fully saturated rings. The van der Waals surface area contributed by atoms with Crippen LogP contribution in [0.4, 0.5) is 4.39 Å². The number of carbonyl (C=O) groups is 1. The van der Waals surface area contributed by atoms with Crippen LogP contribution >= 0.6 is 0 Å². The Bertz CT molecular complexity index is 620. The van der Waals surface area contributed by atoms with Crippen molar-refractivity contribution >= 4 is 16.6 Å². The van der Waals surface area contributed by atoms with Crippen molar-refractivity contribution < 1.29 is 13.4 Å². The average Bonchev–Trinajstić information content (AvgIpc) is 2.39. The summed E-state index contributed by atoms with van der Waals surface area (Å²) in [4.78, 5) is 12.7. The maximum Gasteiger partial charge on any atom is 0.167 e. The number of hydrogen-bond acceptors (Lipinski definition) is 2. The Morgan fingerprint density at radius 1 is 1.16 bits per heavy atom. The molecule has 0 aliphatic heterocycles. The van der Waals surface area contributed by atoms with Crippen molar-refractivity contribution in [3.8, 4) is 0 Å². The Labute approximate surface area is 113 Å². The van der Waals surface area contributed by atoms with Crippen LogP contribution in [-0.2, 0) is 17.2 Å². The van der Waals surface area contributed by atoms with Crippen LogP contribution in [0.1, 0.15) is 15.9 Å². The average molecular weight is 276 g/mol. The van der Waals surface area contributed by atoms with Gasteiger partial charge in [-0.3, -0.25) is 9.00 Å². The van der Waals surface area contributed by atoms with Gasteiger partial charge in [0.2, 0.25) is 0 Å². The summed E-state index contributed by atoms with van der Waals surface area (Å²) in [6, 6.07) is 12.7. The Balaban J connectivity index is 2.14. The first-order chi connectivity index (χ1) is 9.06. The Hall–Kier alpha value is -1.81. The van der Waals surface area contributed by atoms with Gasteiger partial charge in [-0.05, 0) is 29.8 Å². The van der Waals surface area contributed by atoms with Gasteiger partial charge < -0.3 is 0 Å². The van der Waals surface area contributed by atoms with Crippen molar-refractivity contribution in [3.05, 3.63) is 65.5 Å². The molecule has 0 aromatic heterocycles. The van der Waals surface area contributed by atoms with Gasteiger partial charge in [0.05, 0.1) is 0 Å². The van der Waals surface area contributed by atoms with Gasteiger partial charge in [-0.2, -0.15) is 0 Å². The largest absolute Gasteiger partial charge is 0.294 e. The zero-order valence-corrected chi connectivity index (χ0v) is 11.2. The number of benzene rings is 2. The first kappa shape index (κ1) is 13.6. The molecule has 4 heteroatoms. The molecule has 19 heavy (non-hydrogen) atoms. The summed E-state index contributed by atoms with van der Waals surface area (Å²) in [6.07, 6.45) is 1.75. The normalized spacial score (nSPS) is 12.1. The van der Waals surface area contributed by atoms with Crippen LogP contribution in [0.3, 0.4) is 0 Å². The summed E-state index contributed by atoms with van der Waals surface area (Å²) in [6.45, 7) is 0. The molecule has 0 saturated heterocycles. The predicted molar refractivity (Wildman–Crippen MR) is 73.2 cm³/mol. The van der Waals surface area contributed by atoms with Gasteiger partial charge in [-0.1, -0.05) is 24.3 Å². The van der Waals surface area contributed by atoms with Gasteiger partial charge in [-0.15, -0.1) is 0 Å². The predicted octanol–water partition coefficient (Wildman–Crippen LogP) is 2.99. The van der Waals surface area contributed by atoms with Crippen molar-refractivity contribution in [2.75, 3.05) is 6.26 Å². The van der Waals surface area contributed by atoms with Crippen LogP contribution in [0.5, 0.6) is 0 Å². The van der Waals surface area contributed by atoms with Gasteiger partial charge >= 0.3 is 0 Å². The molecule has 0 heterocycles. The van der Waals surface area contributed by atoms with Gasteiger partial charge in [0.15, 0.2) is 5.78 Å². The number of carbonyl (C=O) groups excluding carboxylic acids is 1. The second kappa shape index (κ2) is 5.89. The van der Waals surface area contributed by atoms with Crippen LogP contribution in [0, 0.1) is 5.82 Å². The lowest BCUT2D eigenvalue weighted by Crippen LogP contribution is -2.04. The van der Waals surface area contributed by atoms with E-state index in [1.165, 1.54) is 12.1 Å². The molecule has 2 aromatic carbocycles. The highest BCUT2D eigenvalue weighted by Gasteiger charge is 2.08. The highest BCUT2D eigenvalue weighted by atomic mass is 32.2. The van der Waals surface area contributed by atoms with Crippen LogP contribution in [0.25, 0.3) is 0 Å². The molecule has 1 unspecified atom stereocenters. The summed E-state index contributed by atoms with van der Waals surface area (Å²) in [7, 11) is -1.05. The second-order valence-corrected chi connectivity index (χ2v) is 5.59. The Kier molecular flexibility index (Phi) is 4.22. The number of ketones is 1. The van der Waals surface area contributed by atoms with E-state index in [2.05, 4.69) is 0 Å². The monoisotopic (exact) mass is 276 g/mol. The zero-order valence-electron chi connectivity index (χ0n) is 10.4.